The van der Waals surface area contributed by atoms with Crippen molar-refractivity contribution in [3.8, 4) is 5.75 Å². The highest BCUT2D eigenvalue weighted by atomic mass is 16.7. The van der Waals surface area contributed by atoms with Crippen molar-refractivity contribution in [3.63, 3.8) is 0 Å². The molecule has 0 spiro atoms. The molecule has 1 heterocycles. The molecule has 1 unspecified atom stereocenters. The van der Waals surface area contributed by atoms with E-state index in [4.69, 9.17) is 9.47 Å². The molecule has 16 heavy (non-hydrogen) atoms. The van der Waals surface area contributed by atoms with E-state index in [1.54, 1.807) is 7.11 Å². The Labute approximate surface area is 94.1 Å². The molecule has 2 heteroatoms. The molecule has 1 atom stereocenters. The Morgan fingerprint density at radius 3 is 2.88 bits per heavy atom. The van der Waals surface area contributed by atoms with Crippen molar-refractivity contribution < 1.29 is 9.47 Å². The van der Waals surface area contributed by atoms with Crippen LogP contribution in [-0.4, -0.2) is 13.4 Å². The van der Waals surface area contributed by atoms with Gasteiger partial charge in [-0.3, -0.25) is 0 Å². The molecule has 2 aromatic carbocycles. The molecule has 0 bridgehead atoms. The molecule has 0 N–H and O–H groups in total. The number of methoxy groups -OCH3 is 1. The Kier molecular flexibility index (Phi) is 2.15. The first-order chi connectivity index (χ1) is 7.88. The fourth-order valence-electron chi connectivity index (χ4n) is 1.99. The lowest BCUT2D eigenvalue weighted by atomic mass is 10.0. The SMILES string of the molecule is COC1C=Cc2ccc3ccccc3c2O1. The van der Waals surface area contributed by atoms with Gasteiger partial charge in [-0.2, -0.15) is 0 Å². The molecule has 80 valence electrons. The first-order valence-corrected chi connectivity index (χ1v) is 5.28. The molecule has 1 aliphatic heterocycles. The zero-order valence-corrected chi connectivity index (χ0v) is 9.01. The monoisotopic (exact) mass is 212 g/mol. The summed E-state index contributed by atoms with van der Waals surface area (Å²) < 4.78 is 11.0. The predicted octanol–water partition coefficient (Wildman–Crippen LogP) is 3.22. The number of ether oxygens (including phenoxy) is 2. The average Bonchev–Trinajstić information content (AvgIpc) is 2.38. The Balaban J connectivity index is 2.23. The van der Waals surface area contributed by atoms with Crippen LogP contribution in [0.3, 0.4) is 0 Å². The van der Waals surface area contributed by atoms with Gasteiger partial charge in [-0.05, 0) is 17.5 Å². The first kappa shape index (κ1) is 9.43. The maximum Gasteiger partial charge on any atom is 0.219 e. The van der Waals surface area contributed by atoms with Crippen molar-refractivity contribution in [2.45, 2.75) is 6.29 Å². The fraction of sp³-hybridized carbons (Fsp3) is 0.143. The third kappa shape index (κ3) is 1.39. The highest BCUT2D eigenvalue weighted by Crippen LogP contribution is 2.34. The summed E-state index contributed by atoms with van der Waals surface area (Å²) >= 11 is 0. The third-order valence-corrected chi connectivity index (χ3v) is 2.81. The molecule has 0 saturated heterocycles. The van der Waals surface area contributed by atoms with Gasteiger partial charge < -0.3 is 9.47 Å². The van der Waals surface area contributed by atoms with Gasteiger partial charge in [0.2, 0.25) is 6.29 Å². The molecule has 2 aromatic rings. The quantitative estimate of drug-likeness (QED) is 0.722. The van der Waals surface area contributed by atoms with Gasteiger partial charge >= 0.3 is 0 Å². The van der Waals surface area contributed by atoms with Gasteiger partial charge in [0.25, 0.3) is 0 Å². The van der Waals surface area contributed by atoms with Gasteiger partial charge in [0.05, 0.1) is 0 Å². The van der Waals surface area contributed by atoms with Crippen molar-refractivity contribution >= 4 is 16.8 Å². The Bertz CT molecular complexity index is 558. The number of fused-ring (bicyclic) bond motifs is 3. The normalized spacial score (nSPS) is 18.2. The third-order valence-electron chi connectivity index (χ3n) is 2.81. The lowest BCUT2D eigenvalue weighted by Gasteiger charge is -2.21. The van der Waals surface area contributed by atoms with Crippen LogP contribution in [0.5, 0.6) is 5.75 Å². The Hall–Kier alpha value is -1.80. The van der Waals surface area contributed by atoms with Crippen LogP contribution in [0.2, 0.25) is 0 Å². The number of benzene rings is 2. The molecular formula is C14H12O2. The lowest BCUT2D eigenvalue weighted by molar-refractivity contribution is -0.0160. The van der Waals surface area contributed by atoms with Gasteiger partial charge in [0.15, 0.2) is 0 Å². The molecular weight excluding hydrogens is 200 g/mol. The van der Waals surface area contributed by atoms with Crippen LogP contribution in [0.1, 0.15) is 5.56 Å². The van der Waals surface area contributed by atoms with Crippen molar-refractivity contribution in [3.05, 3.63) is 48.0 Å². The van der Waals surface area contributed by atoms with Crippen molar-refractivity contribution in [1.82, 2.24) is 0 Å². The second-order valence-electron chi connectivity index (χ2n) is 3.79. The molecule has 0 amide bonds. The van der Waals surface area contributed by atoms with E-state index >= 15 is 0 Å². The van der Waals surface area contributed by atoms with Gasteiger partial charge in [-0.15, -0.1) is 0 Å². The number of hydrogen-bond acceptors (Lipinski definition) is 2. The van der Waals surface area contributed by atoms with Crippen LogP contribution in [0.25, 0.3) is 16.8 Å². The van der Waals surface area contributed by atoms with E-state index in [1.165, 1.54) is 5.39 Å². The largest absolute Gasteiger partial charge is 0.460 e. The average molecular weight is 212 g/mol. The van der Waals surface area contributed by atoms with E-state index in [2.05, 4.69) is 24.3 Å². The van der Waals surface area contributed by atoms with Gasteiger partial charge in [-0.1, -0.05) is 36.4 Å². The summed E-state index contributed by atoms with van der Waals surface area (Å²) in [5, 5.41) is 2.32. The van der Waals surface area contributed by atoms with Crippen LogP contribution in [0.4, 0.5) is 0 Å². The molecule has 0 fully saturated rings. The summed E-state index contributed by atoms with van der Waals surface area (Å²) in [5.41, 5.74) is 1.10. The van der Waals surface area contributed by atoms with E-state index in [-0.39, 0.29) is 6.29 Å². The van der Waals surface area contributed by atoms with Gasteiger partial charge in [0, 0.05) is 18.1 Å². The molecule has 1 aliphatic rings. The van der Waals surface area contributed by atoms with E-state index in [1.807, 2.05) is 24.3 Å². The number of rotatable bonds is 1. The molecule has 0 aromatic heterocycles. The van der Waals surface area contributed by atoms with Crippen LogP contribution in [0, 0.1) is 0 Å². The second-order valence-corrected chi connectivity index (χ2v) is 3.79. The Morgan fingerprint density at radius 2 is 2.00 bits per heavy atom. The second kappa shape index (κ2) is 3.65. The topological polar surface area (TPSA) is 18.5 Å². The predicted molar refractivity (Wildman–Crippen MR) is 64.4 cm³/mol. The standard InChI is InChI=1S/C14H12O2/c1-15-13-9-8-11-7-6-10-4-2-3-5-12(10)14(11)16-13/h2-9,13H,1H3. The maximum atomic E-state index is 5.79. The molecule has 0 aliphatic carbocycles. The summed E-state index contributed by atoms with van der Waals surface area (Å²) in [4.78, 5) is 0. The first-order valence-electron chi connectivity index (χ1n) is 5.28. The molecule has 0 radical (unpaired) electrons. The zero-order valence-electron chi connectivity index (χ0n) is 9.01. The minimum atomic E-state index is -0.279. The Morgan fingerprint density at radius 1 is 1.12 bits per heavy atom. The zero-order chi connectivity index (χ0) is 11.0. The summed E-state index contributed by atoms with van der Waals surface area (Å²) in [7, 11) is 1.64. The summed E-state index contributed by atoms with van der Waals surface area (Å²) in [6.45, 7) is 0. The van der Waals surface area contributed by atoms with Crippen molar-refractivity contribution in [1.29, 1.82) is 0 Å². The minimum Gasteiger partial charge on any atom is -0.460 e. The highest BCUT2D eigenvalue weighted by Gasteiger charge is 2.15. The van der Waals surface area contributed by atoms with E-state index in [9.17, 15) is 0 Å². The summed E-state index contributed by atoms with van der Waals surface area (Å²) in [5.74, 6) is 0.910. The molecule has 0 saturated carbocycles. The summed E-state index contributed by atoms with van der Waals surface area (Å²) in [6.07, 6.45) is 3.68. The van der Waals surface area contributed by atoms with Crippen molar-refractivity contribution in [2.24, 2.45) is 0 Å². The minimum absolute atomic E-state index is 0.279. The van der Waals surface area contributed by atoms with E-state index in [0.717, 1.165) is 16.7 Å². The van der Waals surface area contributed by atoms with Crippen LogP contribution in [-0.2, 0) is 4.74 Å². The lowest BCUT2D eigenvalue weighted by Crippen LogP contribution is -2.18. The van der Waals surface area contributed by atoms with Crippen LogP contribution >= 0.6 is 0 Å². The van der Waals surface area contributed by atoms with Gasteiger partial charge in [0.1, 0.15) is 5.75 Å². The molecule has 3 rings (SSSR count). The van der Waals surface area contributed by atoms with Gasteiger partial charge in [-0.25, -0.2) is 0 Å². The van der Waals surface area contributed by atoms with E-state index < -0.39 is 0 Å². The van der Waals surface area contributed by atoms with Crippen LogP contribution < -0.4 is 4.74 Å². The fourth-order valence-corrected chi connectivity index (χ4v) is 1.99. The molecule has 2 nitrogen and oxygen atoms in total. The van der Waals surface area contributed by atoms with Crippen molar-refractivity contribution in [2.75, 3.05) is 7.11 Å². The number of hydrogen-bond donors (Lipinski definition) is 0. The van der Waals surface area contributed by atoms with E-state index in [0.29, 0.717) is 0 Å². The maximum absolute atomic E-state index is 5.79. The summed E-state index contributed by atoms with van der Waals surface area (Å²) in [6, 6.07) is 12.4. The van der Waals surface area contributed by atoms with Crippen LogP contribution in [0.15, 0.2) is 42.5 Å². The smallest absolute Gasteiger partial charge is 0.219 e. The highest BCUT2D eigenvalue weighted by molar-refractivity contribution is 5.92.